The highest BCUT2D eigenvalue weighted by molar-refractivity contribution is 8.00. The molecule has 5 nitrogen and oxygen atoms in total. The molecule has 0 radical (unpaired) electrons. The summed E-state index contributed by atoms with van der Waals surface area (Å²) in [4.78, 5) is 30.3. The average molecular weight is 404 g/mol. The summed E-state index contributed by atoms with van der Waals surface area (Å²) in [7, 11) is 0. The van der Waals surface area contributed by atoms with E-state index in [4.69, 9.17) is 0 Å². The minimum Gasteiger partial charge on any atom is -0.325 e. The maximum atomic E-state index is 12.5. The summed E-state index contributed by atoms with van der Waals surface area (Å²) in [5.41, 5.74) is 2.99. The van der Waals surface area contributed by atoms with Gasteiger partial charge in [0.05, 0.1) is 16.3 Å². The molecule has 7 heteroatoms. The molecule has 0 saturated heterocycles. The normalized spacial score (nSPS) is 12.8. The van der Waals surface area contributed by atoms with Gasteiger partial charge < -0.3 is 5.32 Å². The highest BCUT2D eigenvalue weighted by Crippen LogP contribution is 2.28. The molecule has 0 aliphatic carbocycles. The van der Waals surface area contributed by atoms with E-state index in [2.05, 4.69) is 29.4 Å². The third-order valence-electron chi connectivity index (χ3n) is 4.45. The van der Waals surface area contributed by atoms with Crippen LogP contribution in [0.4, 0.5) is 5.69 Å². The number of unbranched alkanes of at least 4 members (excludes halogenated alkanes) is 1. The molecule has 1 aromatic carbocycles. The molecule has 0 fully saturated rings. The van der Waals surface area contributed by atoms with Gasteiger partial charge in [0, 0.05) is 24.4 Å². The smallest absolute Gasteiger partial charge is 0.268 e. The van der Waals surface area contributed by atoms with Crippen molar-refractivity contribution in [1.29, 1.82) is 0 Å². The lowest BCUT2D eigenvalue weighted by Gasteiger charge is -2.12. The highest BCUT2D eigenvalue weighted by Gasteiger charge is 2.21. The Kier molecular flexibility index (Phi) is 7.01. The third-order valence-corrected chi connectivity index (χ3v) is 6.54. The number of aryl methyl sites for hydroxylation is 2. The maximum absolute atomic E-state index is 12.5. The summed E-state index contributed by atoms with van der Waals surface area (Å²) in [5, 5.41) is 3.55. The SMILES string of the molecule is CCCCc1ccc(NC(=O)CSc2nc3c(c(=O)n2CC)SCC3)cc1. The molecular formula is C20H25N3O2S2. The number of aromatic nitrogens is 2. The van der Waals surface area contributed by atoms with Crippen molar-refractivity contribution in [1.82, 2.24) is 9.55 Å². The zero-order chi connectivity index (χ0) is 19.2. The van der Waals surface area contributed by atoms with Crippen LogP contribution in [-0.4, -0.2) is 27.0 Å². The van der Waals surface area contributed by atoms with E-state index in [0.29, 0.717) is 11.7 Å². The van der Waals surface area contributed by atoms with Gasteiger partial charge in [-0.25, -0.2) is 4.98 Å². The molecule has 1 aliphatic heterocycles. The van der Waals surface area contributed by atoms with Crippen LogP contribution >= 0.6 is 23.5 Å². The number of carbonyl (C=O) groups excluding carboxylic acids is 1. The van der Waals surface area contributed by atoms with E-state index in [9.17, 15) is 9.59 Å². The molecule has 27 heavy (non-hydrogen) atoms. The van der Waals surface area contributed by atoms with Crippen LogP contribution in [0.2, 0.25) is 0 Å². The molecule has 0 atom stereocenters. The fourth-order valence-electron chi connectivity index (χ4n) is 2.98. The monoisotopic (exact) mass is 403 g/mol. The van der Waals surface area contributed by atoms with E-state index in [0.717, 1.165) is 34.9 Å². The quantitative estimate of drug-likeness (QED) is 0.533. The Morgan fingerprint density at radius 3 is 2.78 bits per heavy atom. The largest absolute Gasteiger partial charge is 0.325 e. The van der Waals surface area contributed by atoms with Crippen LogP contribution in [0.25, 0.3) is 0 Å². The van der Waals surface area contributed by atoms with Gasteiger partial charge in [-0.1, -0.05) is 37.2 Å². The second-order valence-electron chi connectivity index (χ2n) is 6.46. The molecule has 1 N–H and O–H groups in total. The molecule has 1 aromatic heterocycles. The van der Waals surface area contributed by atoms with E-state index in [1.807, 2.05) is 19.1 Å². The molecule has 0 bridgehead atoms. The van der Waals surface area contributed by atoms with Gasteiger partial charge in [0.1, 0.15) is 0 Å². The summed E-state index contributed by atoms with van der Waals surface area (Å²) in [6, 6.07) is 8.01. The standard InChI is InChI=1S/C20H25N3O2S2/c1-3-5-6-14-7-9-15(10-8-14)21-17(24)13-27-20-22-16-11-12-26-18(16)19(25)23(20)4-2/h7-10H,3-6,11-13H2,1-2H3,(H,21,24). The topological polar surface area (TPSA) is 64.0 Å². The molecule has 3 rings (SSSR count). The number of hydrogen-bond acceptors (Lipinski definition) is 5. The Morgan fingerprint density at radius 2 is 2.07 bits per heavy atom. The van der Waals surface area contributed by atoms with Gasteiger partial charge >= 0.3 is 0 Å². The molecule has 0 saturated carbocycles. The van der Waals surface area contributed by atoms with Crippen LogP contribution < -0.4 is 10.9 Å². The minimum absolute atomic E-state index is 0.0237. The molecular weight excluding hydrogens is 378 g/mol. The van der Waals surface area contributed by atoms with Crippen LogP contribution in [0.15, 0.2) is 39.1 Å². The lowest BCUT2D eigenvalue weighted by atomic mass is 10.1. The van der Waals surface area contributed by atoms with Crippen molar-refractivity contribution in [2.45, 2.75) is 56.1 Å². The number of anilines is 1. The predicted molar refractivity (Wildman–Crippen MR) is 113 cm³/mol. The Morgan fingerprint density at radius 1 is 1.30 bits per heavy atom. The molecule has 2 heterocycles. The van der Waals surface area contributed by atoms with E-state index in [-0.39, 0.29) is 17.2 Å². The molecule has 2 aromatic rings. The number of hydrogen-bond donors (Lipinski definition) is 1. The Balaban J connectivity index is 1.61. The third kappa shape index (κ3) is 4.96. The number of amides is 1. The van der Waals surface area contributed by atoms with Crippen molar-refractivity contribution in [2.24, 2.45) is 0 Å². The Labute approximate surface area is 168 Å². The van der Waals surface area contributed by atoms with Crippen LogP contribution in [0.5, 0.6) is 0 Å². The first-order chi connectivity index (χ1) is 13.1. The minimum atomic E-state index is -0.0897. The van der Waals surface area contributed by atoms with E-state index in [1.54, 1.807) is 16.3 Å². The number of benzene rings is 1. The van der Waals surface area contributed by atoms with Gasteiger partial charge in [0.15, 0.2) is 5.16 Å². The number of carbonyl (C=O) groups is 1. The fourth-order valence-corrected chi connectivity index (χ4v) is 4.90. The number of rotatable bonds is 8. The first-order valence-electron chi connectivity index (χ1n) is 9.40. The van der Waals surface area contributed by atoms with Crippen molar-refractivity contribution in [3.05, 3.63) is 45.9 Å². The van der Waals surface area contributed by atoms with Crippen molar-refractivity contribution < 1.29 is 4.79 Å². The number of thioether (sulfide) groups is 2. The van der Waals surface area contributed by atoms with Gasteiger partial charge in [0.25, 0.3) is 5.56 Å². The van der Waals surface area contributed by atoms with E-state index in [1.165, 1.54) is 30.2 Å². The van der Waals surface area contributed by atoms with Crippen LogP contribution in [0, 0.1) is 0 Å². The molecule has 0 unspecified atom stereocenters. The number of nitrogens with zero attached hydrogens (tertiary/aromatic N) is 2. The van der Waals surface area contributed by atoms with Gasteiger partial charge in [-0.2, -0.15) is 0 Å². The fraction of sp³-hybridized carbons (Fsp3) is 0.450. The molecule has 144 valence electrons. The second-order valence-corrected chi connectivity index (χ2v) is 8.50. The average Bonchev–Trinajstić information content (AvgIpc) is 3.15. The van der Waals surface area contributed by atoms with E-state index < -0.39 is 0 Å². The van der Waals surface area contributed by atoms with Crippen molar-refractivity contribution >= 4 is 35.1 Å². The maximum Gasteiger partial charge on any atom is 0.268 e. The summed E-state index contributed by atoms with van der Waals surface area (Å²) in [6.45, 7) is 4.67. The Bertz CT molecular complexity index is 863. The van der Waals surface area contributed by atoms with Crippen LogP contribution in [0.3, 0.4) is 0 Å². The van der Waals surface area contributed by atoms with Crippen LogP contribution in [0.1, 0.15) is 37.9 Å². The van der Waals surface area contributed by atoms with Crippen molar-refractivity contribution in [3.8, 4) is 0 Å². The number of nitrogens with one attached hydrogen (secondary N) is 1. The lowest BCUT2D eigenvalue weighted by Crippen LogP contribution is -2.25. The molecule has 1 amide bonds. The van der Waals surface area contributed by atoms with Crippen molar-refractivity contribution in [3.63, 3.8) is 0 Å². The van der Waals surface area contributed by atoms with Gasteiger partial charge in [0.2, 0.25) is 5.91 Å². The van der Waals surface area contributed by atoms with Gasteiger partial charge in [-0.15, -0.1) is 11.8 Å². The first-order valence-corrected chi connectivity index (χ1v) is 11.4. The van der Waals surface area contributed by atoms with Gasteiger partial charge in [-0.05, 0) is 37.5 Å². The summed E-state index contributed by atoms with van der Waals surface area (Å²) < 4.78 is 1.66. The van der Waals surface area contributed by atoms with Crippen molar-refractivity contribution in [2.75, 3.05) is 16.8 Å². The molecule has 0 spiro atoms. The zero-order valence-corrected chi connectivity index (χ0v) is 17.4. The molecule has 1 aliphatic rings. The summed E-state index contributed by atoms with van der Waals surface area (Å²) in [6.07, 6.45) is 4.24. The lowest BCUT2D eigenvalue weighted by molar-refractivity contribution is -0.113. The number of fused-ring (bicyclic) bond motifs is 1. The first kappa shape index (κ1) is 20.0. The summed E-state index contributed by atoms with van der Waals surface area (Å²) in [5.74, 6) is 1.05. The summed E-state index contributed by atoms with van der Waals surface area (Å²) >= 11 is 2.90. The van der Waals surface area contributed by atoms with Gasteiger partial charge in [-0.3, -0.25) is 14.2 Å². The predicted octanol–water partition coefficient (Wildman–Crippen LogP) is 3.98. The zero-order valence-electron chi connectivity index (χ0n) is 15.8. The van der Waals surface area contributed by atoms with E-state index >= 15 is 0 Å². The highest BCUT2D eigenvalue weighted by atomic mass is 32.2. The Hall–Kier alpha value is -1.73. The van der Waals surface area contributed by atoms with Crippen LogP contribution in [-0.2, 0) is 24.2 Å². The second kappa shape index (κ2) is 9.46.